The Hall–Kier alpha value is -0.480. The van der Waals surface area contributed by atoms with Crippen molar-refractivity contribution < 1.29 is 0 Å². The highest BCUT2D eigenvalue weighted by Gasteiger charge is 2.05. The third-order valence-corrected chi connectivity index (χ3v) is 1.89. The summed E-state index contributed by atoms with van der Waals surface area (Å²) in [4.78, 5) is 0. The molecular weight excluding hydrogens is 176 g/mol. The lowest BCUT2D eigenvalue weighted by molar-refractivity contribution is 0.512. The fraction of sp³-hybridized carbons (Fsp3) is 1.00. The molecule has 4 nitrogen and oxygen atoms in total. The molecule has 0 saturated carbocycles. The van der Waals surface area contributed by atoms with Crippen molar-refractivity contribution in [3.8, 4) is 0 Å². The molecular formula is C10H24N4. The van der Waals surface area contributed by atoms with Gasteiger partial charge < -0.3 is 11.5 Å². The van der Waals surface area contributed by atoms with Crippen LogP contribution >= 0.6 is 0 Å². The number of rotatable bonds is 6. The molecule has 0 amide bonds. The predicted molar refractivity (Wildman–Crippen MR) is 60.3 cm³/mol. The first-order valence-electron chi connectivity index (χ1n) is 5.33. The van der Waals surface area contributed by atoms with Gasteiger partial charge in [0.15, 0.2) is 0 Å². The van der Waals surface area contributed by atoms with Crippen LogP contribution in [0, 0.1) is 0 Å². The first-order valence-corrected chi connectivity index (χ1v) is 5.33. The molecule has 4 N–H and O–H groups in total. The second-order valence-corrected chi connectivity index (χ2v) is 4.35. The topological polar surface area (TPSA) is 76.8 Å². The van der Waals surface area contributed by atoms with Crippen molar-refractivity contribution in [1.82, 2.24) is 0 Å². The standard InChI is InChI=1S/C10H24N4/c1-7(11)5-9(3)13-14-10(4)6-8(2)12/h7-10H,5-6,11-12H2,1-4H3. The average Bonchev–Trinajstić information content (AvgIpc) is 1.98. The Balaban J connectivity index is 3.78. The Kier molecular flexibility index (Phi) is 6.66. The summed E-state index contributed by atoms with van der Waals surface area (Å²) in [5.41, 5.74) is 11.3. The lowest BCUT2D eigenvalue weighted by Crippen LogP contribution is -2.21. The van der Waals surface area contributed by atoms with Gasteiger partial charge in [0.2, 0.25) is 0 Å². The second kappa shape index (κ2) is 6.90. The third-order valence-electron chi connectivity index (χ3n) is 1.89. The van der Waals surface area contributed by atoms with Crippen LogP contribution in [0.3, 0.4) is 0 Å². The molecule has 0 aliphatic heterocycles. The summed E-state index contributed by atoms with van der Waals surface area (Å²) >= 11 is 0. The van der Waals surface area contributed by atoms with Gasteiger partial charge in [-0.25, -0.2) is 0 Å². The largest absolute Gasteiger partial charge is 0.328 e. The van der Waals surface area contributed by atoms with Gasteiger partial charge in [-0.3, -0.25) is 0 Å². The van der Waals surface area contributed by atoms with Gasteiger partial charge in [0.05, 0.1) is 12.1 Å². The lowest BCUT2D eigenvalue weighted by Gasteiger charge is -2.11. The Bertz CT molecular complexity index is 148. The molecule has 0 saturated heterocycles. The Morgan fingerprint density at radius 1 is 0.786 bits per heavy atom. The quantitative estimate of drug-likeness (QED) is 0.640. The molecule has 0 radical (unpaired) electrons. The summed E-state index contributed by atoms with van der Waals surface area (Å²) < 4.78 is 0. The molecule has 0 aromatic rings. The van der Waals surface area contributed by atoms with Crippen LogP contribution in [0.15, 0.2) is 10.2 Å². The average molecular weight is 200 g/mol. The van der Waals surface area contributed by atoms with E-state index in [1.807, 2.05) is 27.7 Å². The van der Waals surface area contributed by atoms with Crippen molar-refractivity contribution in [1.29, 1.82) is 0 Å². The molecule has 4 atom stereocenters. The van der Waals surface area contributed by atoms with E-state index in [9.17, 15) is 0 Å². The highest BCUT2D eigenvalue weighted by atomic mass is 15.1. The van der Waals surface area contributed by atoms with E-state index in [0.717, 1.165) is 12.8 Å². The van der Waals surface area contributed by atoms with E-state index in [0.29, 0.717) is 0 Å². The molecule has 0 aliphatic carbocycles. The molecule has 0 spiro atoms. The van der Waals surface area contributed by atoms with Crippen molar-refractivity contribution in [3.05, 3.63) is 0 Å². The fourth-order valence-electron chi connectivity index (χ4n) is 1.40. The van der Waals surface area contributed by atoms with E-state index in [-0.39, 0.29) is 24.2 Å². The lowest BCUT2D eigenvalue weighted by atomic mass is 10.1. The summed E-state index contributed by atoms with van der Waals surface area (Å²) in [5.74, 6) is 0. The minimum Gasteiger partial charge on any atom is -0.328 e. The van der Waals surface area contributed by atoms with Crippen LogP contribution < -0.4 is 11.5 Å². The van der Waals surface area contributed by atoms with Crippen LogP contribution in [0.4, 0.5) is 0 Å². The number of nitrogens with zero attached hydrogens (tertiary/aromatic N) is 2. The maximum atomic E-state index is 5.66. The fourth-order valence-corrected chi connectivity index (χ4v) is 1.40. The predicted octanol–water partition coefficient (Wildman–Crippen LogP) is 1.69. The molecule has 4 unspecified atom stereocenters. The summed E-state index contributed by atoms with van der Waals surface area (Å²) in [7, 11) is 0. The molecule has 0 fully saturated rings. The normalized spacial score (nSPS) is 20.7. The molecule has 0 rings (SSSR count). The molecule has 14 heavy (non-hydrogen) atoms. The van der Waals surface area contributed by atoms with Crippen molar-refractivity contribution in [2.75, 3.05) is 0 Å². The van der Waals surface area contributed by atoms with E-state index < -0.39 is 0 Å². The van der Waals surface area contributed by atoms with Gasteiger partial charge in [0, 0.05) is 12.1 Å². The van der Waals surface area contributed by atoms with Gasteiger partial charge in [-0.05, 0) is 40.5 Å². The van der Waals surface area contributed by atoms with E-state index in [1.54, 1.807) is 0 Å². The van der Waals surface area contributed by atoms with Crippen LogP contribution in [-0.2, 0) is 0 Å². The monoisotopic (exact) mass is 200 g/mol. The maximum absolute atomic E-state index is 5.66. The van der Waals surface area contributed by atoms with E-state index >= 15 is 0 Å². The van der Waals surface area contributed by atoms with Crippen molar-refractivity contribution in [2.24, 2.45) is 21.7 Å². The summed E-state index contributed by atoms with van der Waals surface area (Å²) in [6.07, 6.45) is 1.77. The Labute approximate surface area is 87.2 Å². The van der Waals surface area contributed by atoms with Crippen LogP contribution in [0.5, 0.6) is 0 Å². The molecule has 0 aromatic heterocycles. The SMILES string of the molecule is CC(N)CC(C)N=NC(C)CC(C)N. The third kappa shape index (κ3) is 8.13. The second-order valence-electron chi connectivity index (χ2n) is 4.35. The van der Waals surface area contributed by atoms with Crippen LogP contribution in [0.1, 0.15) is 40.5 Å². The van der Waals surface area contributed by atoms with Crippen LogP contribution in [0.25, 0.3) is 0 Å². The van der Waals surface area contributed by atoms with Gasteiger partial charge in [-0.2, -0.15) is 10.2 Å². The maximum Gasteiger partial charge on any atom is 0.0694 e. The number of azo groups is 1. The van der Waals surface area contributed by atoms with Crippen molar-refractivity contribution >= 4 is 0 Å². The minimum absolute atomic E-state index is 0.188. The Morgan fingerprint density at radius 2 is 1.07 bits per heavy atom. The number of hydrogen-bond donors (Lipinski definition) is 2. The Morgan fingerprint density at radius 3 is 1.29 bits per heavy atom. The van der Waals surface area contributed by atoms with Crippen LogP contribution in [0.2, 0.25) is 0 Å². The zero-order valence-electron chi connectivity index (χ0n) is 9.77. The molecule has 4 heteroatoms. The summed E-state index contributed by atoms with van der Waals surface area (Å²) in [5, 5.41) is 8.41. The summed E-state index contributed by atoms with van der Waals surface area (Å²) in [6, 6.07) is 0.802. The van der Waals surface area contributed by atoms with Gasteiger partial charge in [0.1, 0.15) is 0 Å². The number of nitrogens with two attached hydrogens (primary N) is 2. The first kappa shape index (κ1) is 13.5. The molecule has 0 bridgehead atoms. The number of hydrogen-bond acceptors (Lipinski definition) is 4. The van der Waals surface area contributed by atoms with E-state index in [1.165, 1.54) is 0 Å². The molecule has 84 valence electrons. The van der Waals surface area contributed by atoms with E-state index in [4.69, 9.17) is 11.5 Å². The smallest absolute Gasteiger partial charge is 0.0694 e. The molecule has 0 aromatic carbocycles. The summed E-state index contributed by atoms with van der Waals surface area (Å²) in [6.45, 7) is 8.03. The van der Waals surface area contributed by atoms with Crippen molar-refractivity contribution in [3.63, 3.8) is 0 Å². The van der Waals surface area contributed by atoms with Gasteiger partial charge in [0.25, 0.3) is 0 Å². The van der Waals surface area contributed by atoms with Gasteiger partial charge in [-0.15, -0.1) is 0 Å². The first-order chi connectivity index (χ1) is 6.41. The van der Waals surface area contributed by atoms with Gasteiger partial charge in [-0.1, -0.05) is 0 Å². The van der Waals surface area contributed by atoms with Crippen LogP contribution in [-0.4, -0.2) is 24.2 Å². The molecule has 0 heterocycles. The zero-order valence-corrected chi connectivity index (χ0v) is 9.77. The van der Waals surface area contributed by atoms with Gasteiger partial charge >= 0.3 is 0 Å². The molecule has 0 aliphatic rings. The van der Waals surface area contributed by atoms with Crippen molar-refractivity contribution in [2.45, 2.75) is 64.7 Å². The highest BCUT2D eigenvalue weighted by Crippen LogP contribution is 2.05. The minimum atomic E-state index is 0.188. The highest BCUT2D eigenvalue weighted by molar-refractivity contribution is 4.68. The van der Waals surface area contributed by atoms with E-state index in [2.05, 4.69) is 10.2 Å². The zero-order chi connectivity index (χ0) is 11.1.